The lowest BCUT2D eigenvalue weighted by atomic mass is 10.2. The monoisotopic (exact) mass is 190 g/mol. The molecule has 3 heteroatoms. The summed E-state index contributed by atoms with van der Waals surface area (Å²) in [5.74, 6) is -0.118. The fourth-order valence-corrected chi connectivity index (χ4v) is 1.25. The lowest BCUT2D eigenvalue weighted by molar-refractivity contribution is -0.143. The molecule has 0 fully saturated rings. The van der Waals surface area contributed by atoms with Gasteiger partial charge in [0, 0.05) is 11.7 Å². The molecule has 0 radical (unpaired) electrons. The number of carbonyl (C=O) groups excluding carboxylic acids is 1. The van der Waals surface area contributed by atoms with Crippen molar-refractivity contribution in [3.63, 3.8) is 0 Å². The van der Waals surface area contributed by atoms with Crippen LogP contribution in [0, 0.1) is 0 Å². The van der Waals surface area contributed by atoms with Crippen molar-refractivity contribution >= 4 is 18.6 Å². The minimum atomic E-state index is -0.118. The van der Waals surface area contributed by atoms with Crippen LogP contribution < -0.4 is 0 Å². The Kier molecular flexibility index (Phi) is 7.36. The van der Waals surface area contributed by atoms with Crippen LogP contribution in [0.4, 0.5) is 0 Å². The van der Waals surface area contributed by atoms with Crippen molar-refractivity contribution in [2.24, 2.45) is 0 Å². The predicted molar refractivity (Wildman–Crippen MR) is 53.5 cm³/mol. The molecule has 0 aliphatic heterocycles. The van der Waals surface area contributed by atoms with Crippen LogP contribution in [0.25, 0.3) is 0 Å². The molecule has 0 saturated carbocycles. The van der Waals surface area contributed by atoms with E-state index in [1.807, 2.05) is 0 Å². The first-order valence-corrected chi connectivity index (χ1v) is 5.06. The van der Waals surface area contributed by atoms with E-state index < -0.39 is 0 Å². The van der Waals surface area contributed by atoms with Crippen molar-refractivity contribution in [1.82, 2.24) is 0 Å². The number of ether oxygens (including phenoxy) is 1. The van der Waals surface area contributed by atoms with E-state index in [0.717, 1.165) is 19.3 Å². The minimum Gasteiger partial charge on any atom is -0.466 e. The Labute approximate surface area is 80.1 Å². The van der Waals surface area contributed by atoms with Gasteiger partial charge in [0.1, 0.15) is 0 Å². The first-order chi connectivity index (χ1) is 5.70. The van der Waals surface area contributed by atoms with Crippen molar-refractivity contribution in [2.75, 3.05) is 6.61 Å². The van der Waals surface area contributed by atoms with Crippen LogP contribution >= 0.6 is 12.6 Å². The summed E-state index contributed by atoms with van der Waals surface area (Å²) in [5.41, 5.74) is 0. The van der Waals surface area contributed by atoms with E-state index in [0.29, 0.717) is 18.3 Å². The molecule has 0 bridgehead atoms. The molecule has 12 heavy (non-hydrogen) atoms. The van der Waals surface area contributed by atoms with E-state index >= 15 is 0 Å². The number of thiol groups is 1. The van der Waals surface area contributed by atoms with Crippen LogP contribution in [-0.4, -0.2) is 17.8 Å². The average molecular weight is 190 g/mol. The van der Waals surface area contributed by atoms with Gasteiger partial charge in [-0.3, -0.25) is 4.79 Å². The van der Waals surface area contributed by atoms with Gasteiger partial charge < -0.3 is 4.74 Å². The highest BCUT2D eigenvalue weighted by Crippen LogP contribution is 2.08. The maximum Gasteiger partial charge on any atom is 0.305 e. The van der Waals surface area contributed by atoms with Gasteiger partial charge in [-0.25, -0.2) is 0 Å². The summed E-state index contributed by atoms with van der Waals surface area (Å²) in [7, 11) is 0. The fraction of sp³-hybridized carbons (Fsp3) is 0.889. The number of hydrogen-bond acceptors (Lipinski definition) is 3. The maximum atomic E-state index is 10.7. The molecule has 0 aliphatic rings. The van der Waals surface area contributed by atoms with E-state index in [1.165, 1.54) is 0 Å². The molecule has 0 amide bonds. The Morgan fingerprint density at radius 3 is 2.58 bits per heavy atom. The highest BCUT2D eigenvalue weighted by Gasteiger charge is 2.03. The Morgan fingerprint density at radius 1 is 1.42 bits per heavy atom. The molecule has 0 N–H and O–H groups in total. The van der Waals surface area contributed by atoms with Crippen molar-refractivity contribution in [2.45, 2.75) is 44.8 Å². The smallest absolute Gasteiger partial charge is 0.305 e. The van der Waals surface area contributed by atoms with E-state index in [1.54, 1.807) is 6.92 Å². The van der Waals surface area contributed by atoms with Crippen molar-refractivity contribution in [1.29, 1.82) is 0 Å². The molecule has 1 unspecified atom stereocenters. The molecule has 0 spiro atoms. The number of hydrogen-bond donors (Lipinski definition) is 1. The third-order valence-electron chi connectivity index (χ3n) is 1.62. The molecule has 0 saturated heterocycles. The highest BCUT2D eigenvalue weighted by molar-refractivity contribution is 7.80. The van der Waals surface area contributed by atoms with Crippen molar-refractivity contribution < 1.29 is 9.53 Å². The van der Waals surface area contributed by atoms with Gasteiger partial charge >= 0.3 is 5.97 Å². The zero-order valence-corrected chi connectivity index (χ0v) is 8.77. The normalized spacial score (nSPS) is 12.6. The molecule has 0 aliphatic carbocycles. The zero-order chi connectivity index (χ0) is 9.40. The Bertz CT molecular complexity index is 126. The quantitative estimate of drug-likeness (QED) is 0.514. The first-order valence-electron chi connectivity index (χ1n) is 4.54. The van der Waals surface area contributed by atoms with Crippen molar-refractivity contribution in [3.05, 3.63) is 0 Å². The Hall–Kier alpha value is -0.180. The summed E-state index contributed by atoms with van der Waals surface area (Å²) < 4.78 is 4.92. The SMILES string of the molecule is CCCC(S)CCOC(=O)CC. The summed E-state index contributed by atoms with van der Waals surface area (Å²) in [6, 6.07) is 0. The van der Waals surface area contributed by atoms with E-state index in [4.69, 9.17) is 4.74 Å². The molecular weight excluding hydrogens is 172 g/mol. The second-order valence-electron chi connectivity index (χ2n) is 2.81. The maximum absolute atomic E-state index is 10.7. The molecule has 0 aromatic heterocycles. The van der Waals surface area contributed by atoms with E-state index in [9.17, 15) is 4.79 Å². The van der Waals surface area contributed by atoms with Crippen LogP contribution in [0.3, 0.4) is 0 Å². The van der Waals surface area contributed by atoms with Gasteiger partial charge in [-0.2, -0.15) is 12.6 Å². The van der Waals surface area contributed by atoms with Crippen LogP contribution in [-0.2, 0) is 9.53 Å². The largest absolute Gasteiger partial charge is 0.466 e. The van der Waals surface area contributed by atoms with E-state index in [2.05, 4.69) is 19.6 Å². The first kappa shape index (κ1) is 11.8. The average Bonchev–Trinajstić information content (AvgIpc) is 2.04. The number of rotatable bonds is 6. The number of carbonyl (C=O) groups is 1. The fourth-order valence-electron chi connectivity index (χ4n) is 0.888. The van der Waals surface area contributed by atoms with Crippen molar-refractivity contribution in [3.8, 4) is 0 Å². The second-order valence-corrected chi connectivity index (χ2v) is 3.54. The molecule has 2 nitrogen and oxygen atoms in total. The van der Waals surface area contributed by atoms with Gasteiger partial charge in [0.25, 0.3) is 0 Å². The molecule has 0 rings (SSSR count). The van der Waals surface area contributed by atoms with E-state index in [-0.39, 0.29) is 5.97 Å². The minimum absolute atomic E-state index is 0.118. The lowest BCUT2D eigenvalue weighted by Gasteiger charge is -2.08. The van der Waals surface area contributed by atoms with Gasteiger partial charge in [-0.15, -0.1) is 0 Å². The summed E-state index contributed by atoms with van der Waals surface area (Å²) in [4.78, 5) is 10.7. The lowest BCUT2D eigenvalue weighted by Crippen LogP contribution is -2.08. The topological polar surface area (TPSA) is 26.3 Å². The molecular formula is C9H18O2S. The molecule has 1 atom stereocenters. The second kappa shape index (κ2) is 7.47. The number of esters is 1. The van der Waals surface area contributed by atoms with Gasteiger partial charge in [0.15, 0.2) is 0 Å². The third kappa shape index (κ3) is 6.53. The molecule has 72 valence electrons. The van der Waals surface area contributed by atoms with Crippen LogP contribution in [0.2, 0.25) is 0 Å². The summed E-state index contributed by atoms with van der Waals surface area (Å²) >= 11 is 4.35. The zero-order valence-electron chi connectivity index (χ0n) is 7.88. The van der Waals surface area contributed by atoms with Gasteiger partial charge in [-0.05, 0) is 12.8 Å². The third-order valence-corrected chi connectivity index (χ3v) is 2.14. The molecule has 0 aromatic carbocycles. The Morgan fingerprint density at radius 2 is 2.08 bits per heavy atom. The summed E-state index contributed by atoms with van der Waals surface area (Å²) in [6.07, 6.45) is 3.55. The van der Waals surface area contributed by atoms with Gasteiger partial charge in [0.05, 0.1) is 6.61 Å². The predicted octanol–water partition coefficient (Wildman–Crippen LogP) is 2.43. The summed E-state index contributed by atoms with van der Waals surface area (Å²) in [5, 5.41) is 0.375. The highest BCUT2D eigenvalue weighted by atomic mass is 32.1. The summed E-state index contributed by atoms with van der Waals surface area (Å²) in [6.45, 7) is 4.44. The Balaban J connectivity index is 3.24. The van der Waals surface area contributed by atoms with Gasteiger partial charge in [-0.1, -0.05) is 20.3 Å². The van der Waals surface area contributed by atoms with Gasteiger partial charge in [0.2, 0.25) is 0 Å². The standard InChI is InChI=1S/C9H18O2S/c1-3-5-8(12)6-7-11-9(10)4-2/h8,12H,3-7H2,1-2H3. The van der Waals surface area contributed by atoms with Crippen LogP contribution in [0.5, 0.6) is 0 Å². The van der Waals surface area contributed by atoms with Crippen LogP contribution in [0.15, 0.2) is 0 Å². The molecule has 0 heterocycles. The molecule has 0 aromatic rings. The van der Waals surface area contributed by atoms with Crippen LogP contribution in [0.1, 0.15) is 39.5 Å².